The van der Waals surface area contributed by atoms with Crippen LogP contribution in [-0.4, -0.2) is 28.0 Å². The number of halogens is 1. The molecule has 1 atom stereocenters. The summed E-state index contributed by atoms with van der Waals surface area (Å²) in [6.45, 7) is 0.681. The van der Waals surface area contributed by atoms with Gasteiger partial charge in [-0.05, 0) is 24.0 Å². The van der Waals surface area contributed by atoms with E-state index in [4.69, 9.17) is 11.6 Å². The topological polar surface area (TPSA) is 58.1 Å². The maximum absolute atomic E-state index is 12.0. The van der Waals surface area contributed by atoms with Crippen molar-refractivity contribution in [3.05, 3.63) is 53.1 Å². The SMILES string of the molecule is O=C1CC(=NCCc2cnc[nH]2)C[C@H](c2ccccc2Cl)C1. The zero-order valence-corrected chi connectivity index (χ0v) is 13.0. The predicted molar refractivity (Wildman–Crippen MR) is 87.6 cm³/mol. The molecule has 4 nitrogen and oxygen atoms in total. The van der Waals surface area contributed by atoms with Crippen LogP contribution in [0.25, 0.3) is 0 Å². The molecular formula is C17H18ClN3O. The van der Waals surface area contributed by atoms with Crippen LogP contribution in [0.2, 0.25) is 5.02 Å². The molecule has 114 valence electrons. The molecule has 1 fully saturated rings. The van der Waals surface area contributed by atoms with E-state index in [1.807, 2.05) is 24.3 Å². The summed E-state index contributed by atoms with van der Waals surface area (Å²) < 4.78 is 0. The number of ketones is 1. The van der Waals surface area contributed by atoms with E-state index in [0.29, 0.717) is 19.4 Å². The van der Waals surface area contributed by atoms with Crippen molar-refractivity contribution in [3.8, 4) is 0 Å². The van der Waals surface area contributed by atoms with Crippen molar-refractivity contribution in [3.63, 3.8) is 0 Å². The molecule has 0 saturated heterocycles. The zero-order chi connectivity index (χ0) is 15.4. The van der Waals surface area contributed by atoms with Crippen molar-refractivity contribution < 1.29 is 4.79 Å². The monoisotopic (exact) mass is 315 g/mol. The molecule has 1 aliphatic rings. The highest BCUT2D eigenvalue weighted by atomic mass is 35.5. The summed E-state index contributed by atoms with van der Waals surface area (Å²) in [5.41, 5.74) is 3.10. The Kier molecular flexibility index (Phi) is 4.68. The average molecular weight is 316 g/mol. The lowest BCUT2D eigenvalue weighted by Gasteiger charge is -2.23. The van der Waals surface area contributed by atoms with Crippen LogP contribution in [0.15, 0.2) is 41.8 Å². The molecule has 0 aliphatic heterocycles. The van der Waals surface area contributed by atoms with Crippen LogP contribution in [0, 0.1) is 0 Å². The number of hydrogen-bond donors (Lipinski definition) is 1. The molecule has 0 radical (unpaired) electrons. The molecule has 0 spiro atoms. The van der Waals surface area contributed by atoms with Crippen molar-refractivity contribution in [1.29, 1.82) is 0 Å². The third-order valence-corrected chi connectivity index (χ3v) is 4.32. The molecule has 1 aromatic heterocycles. The van der Waals surface area contributed by atoms with E-state index in [0.717, 1.165) is 34.8 Å². The molecule has 0 amide bonds. The van der Waals surface area contributed by atoms with Crippen LogP contribution >= 0.6 is 11.6 Å². The van der Waals surface area contributed by atoms with Crippen molar-refractivity contribution >= 4 is 23.1 Å². The Labute approximate surface area is 134 Å². The minimum atomic E-state index is 0.154. The van der Waals surface area contributed by atoms with Gasteiger partial charge in [-0.25, -0.2) is 4.98 Å². The third-order valence-electron chi connectivity index (χ3n) is 3.97. The first-order valence-electron chi connectivity index (χ1n) is 7.48. The number of aromatic nitrogens is 2. The highest BCUT2D eigenvalue weighted by Crippen LogP contribution is 2.33. The average Bonchev–Trinajstić information content (AvgIpc) is 3.00. The van der Waals surface area contributed by atoms with Crippen molar-refractivity contribution in [2.24, 2.45) is 4.99 Å². The van der Waals surface area contributed by atoms with E-state index in [1.54, 1.807) is 12.5 Å². The second kappa shape index (κ2) is 6.88. The summed E-state index contributed by atoms with van der Waals surface area (Å²) >= 11 is 6.26. The van der Waals surface area contributed by atoms with Crippen LogP contribution in [0.4, 0.5) is 0 Å². The van der Waals surface area contributed by atoms with Crippen LogP contribution in [0.3, 0.4) is 0 Å². The zero-order valence-electron chi connectivity index (χ0n) is 12.3. The second-order valence-corrected chi connectivity index (χ2v) is 6.02. The molecule has 0 unspecified atom stereocenters. The number of H-pyrrole nitrogens is 1. The summed E-state index contributed by atoms with van der Waals surface area (Å²) in [5.74, 6) is 0.400. The standard InChI is InChI=1S/C17H18ClN3O/c18-17-4-2-1-3-16(17)12-7-14(9-15(22)8-12)20-6-5-13-10-19-11-21-13/h1-4,10-12H,5-9H2,(H,19,21)/t12-/m0/s1. The number of carbonyl (C=O) groups is 1. The second-order valence-electron chi connectivity index (χ2n) is 5.62. The number of nitrogens with zero attached hydrogens (tertiary/aromatic N) is 2. The van der Waals surface area contributed by atoms with Gasteiger partial charge in [-0.2, -0.15) is 0 Å². The normalized spacial score (nSPS) is 20.5. The van der Waals surface area contributed by atoms with Gasteiger partial charge in [-0.15, -0.1) is 0 Å². The largest absolute Gasteiger partial charge is 0.348 e. The highest BCUT2D eigenvalue weighted by Gasteiger charge is 2.26. The fraction of sp³-hybridized carbons (Fsp3) is 0.353. The van der Waals surface area contributed by atoms with Gasteiger partial charge in [0.15, 0.2) is 0 Å². The smallest absolute Gasteiger partial charge is 0.139 e. The number of carbonyl (C=O) groups excluding carboxylic acids is 1. The van der Waals surface area contributed by atoms with Gasteiger partial charge in [0.2, 0.25) is 0 Å². The molecule has 0 bridgehead atoms. The number of aromatic amines is 1. The maximum atomic E-state index is 12.0. The quantitative estimate of drug-likeness (QED) is 0.937. The van der Waals surface area contributed by atoms with E-state index >= 15 is 0 Å². The van der Waals surface area contributed by atoms with Crippen molar-refractivity contribution in [2.75, 3.05) is 6.54 Å². The Morgan fingerprint density at radius 3 is 2.95 bits per heavy atom. The summed E-state index contributed by atoms with van der Waals surface area (Å²) in [6, 6.07) is 7.77. The van der Waals surface area contributed by atoms with Crippen LogP contribution < -0.4 is 0 Å². The lowest BCUT2D eigenvalue weighted by molar-refractivity contribution is -0.118. The molecule has 1 aliphatic carbocycles. The molecule has 1 heterocycles. The lowest BCUT2D eigenvalue weighted by Crippen LogP contribution is -2.22. The van der Waals surface area contributed by atoms with E-state index < -0.39 is 0 Å². The van der Waals surface area contributed by atoms with Gasteiger partial charge in [0.1, 0.15) is 5.78 Å². The number of aliphatic imine (C=N–C) groups is 1. The fourth-order valence-electron chi connectivity index (χ4n) is 2.91. The number of rotatable bonds is 4. The van der Waals surface area contributed by atoms with Crippen LogP contribution in [0.5, 0.6) is 0 Å². The molecule has 5 heteroatoms. The fourth-order valence-corrected chi connectivity index (χ4v) is 3.20. The first-order chi connectivity index (χ1) is 10.7. The van der Waals surface area contributed by atoms with Gasteiger partial charge in [0.25, 0.3) is 0 Å². The molecule has 3 rings (SSSR count). The lowest BCUT2D eigenvalue weighted by atomic mass is 9.82. The highest BCUT2D eigenvalue weighted by molar-refractivity contribution is 6.31. The molecule has 1 saturated carbocycles. The Bertz CT molecular complexity index is 679. The van der Waals surface area contributed by atoms with Crippen LogP contribution in [0.1, 0.15) is 36.4 Å². The van der Waals surface area contributed by atoms with Crippen molar-refractivity contribution in [2.45, 2.75) is 31.6 Å². The van der Waals surface area contributed by atoms with Gasteiger partial charge in [-0.1, -0.05) is 29.8 Å². The summed E-state index contributed by atoms with van der Waals surface area (Å²) in [5, 5.41) is 0.735. The van der Waals surface area contributed by atoms with Crippen LogP contribution in [-0.2, 0) is 11.2 Å². The minimum Gasteiger partial charge on any atom is -0.348 e. The Balaban J connectivity index is 1.68. The number of imidazole rings is 1. The number of benzene rings is 1. The first-order valence-corrected chi connectivity index (χ1v) is 7.85. The molecule has 1 N–H and O–H groups in total. The van der Waals surface area contributed by atoms with E-state index in [2.05, 4.69) is 15.0 Å². The Morgan fingerprint density at radius 1 is 1.32 bits per heavy atom. The van der Waals surface area contributed by atoms with E-state index in [9.17, 15) is 4.79 Å². The number of hydrogen-bond acceptors (Lipinski definition) is 3. The molecule has 2 aromatic rings. The summed E-state index contributed by atoms with van der Waals surface area (Å²) in [4.78, 5) is 23.7. The number of nitrogens with one attached hydrogen (secondary N) is 1. The first kappa shape index (κ1) is 15.0. The molecular weight excluding hydrogens is 298 g/mol. The van der Waals surface area contributed by atoms with E-state index in [-0.39, 0.29) is 11.7 Å². The third kappa shape index (κ3) is 3.63. The summed E-state index contributed by atoms with van der Waals surface area (Å²) in [7, 11) is 0. The number of Topliss-reactive ketones (excluding diaryl/α,β-unsaturated/α-hetero) is 1. The molecule has 1 aromatic carbocycles. The Hall–Kier alpha value is -1.94. The Morgan fingerprint density at radius 2 is 2.18 bits per heavy atom. The van der Waals surface area contributed by atoms with Gasteiger partial charge in [-0.3, -0.25) is 9.79 Å². The predicted octanol–water partition coefficient (Wildman–Crippen LogP) is 3.58. The van der Waals surface area contributed by atoms with Gasteiger partial charge in [0.05, 0.1) is 6.33 Å². The van der Waals surface area contributed by atoms with Gasteiger partial charge < -0.3 is 4.98 Å². The van der Waals surface area contributed by atoms with Crippen molar-refractivity contribution in [1.82, 2.24) is 9.97 Å². The van der Waals surface area contributed by atoms with E-state index in [1.165, 1.54) is 0 Å². The minimum absolute atomic E-state index is 0.154. The van der Waals surface area contributed by atoms with Gasteiger partial charge in [0, 0.05) is 48.4 Å². The van der Waals surface area contributed by atoms with Gasteiger partial charge >= 0.3 is 0 Å². The summed E-state index contributed by atoms with van der Waals surface area (Å²) in [6.07, 6.45) is 6.14. The maximum Gasteiger partial charge on any atom is 0.139 e. The molecule has 22 heavy (non-hydrogen) atoms.